The van der Waals surface area contributed by atoms with Crippen molar-refractivity contribution < 1.29 is 46.6 Å². The third-order valence-electron chi connectivity index (χ3n) is 6.78. The first kappa shape index (κ1) is 33.0. The molecule has 44 heavy (non-hydrogen) atoms. The lowest BCUT2D eigenvalue weighted by molar-refractivity contribution is -0.141. The lowest BCUT2D eigenvalue weighted by atomic mass is 9.88. The van der Waals surface area contributed by atoms with Crippen LogP contribution in [-0.4, -0.2) is 75.0 Å². The summed E-state index contributed by atoms with van der Waals surface area (Å²) in [5.74, 6) is -5.50. The predicted octanol–water partition coefficient (Wildman–Crippen LogP) is 2.51. The van der Waals surface area contributed by atoms with E-state index in [1.54, 1.807) is 13.0 Å². The van der Waals surface area contributed by atoms with Crippen molar-refractivity contribution in [2.45, 2.75) is 39.7 Å². The van der Waals surface area contributed by atoms with E-state index in [0.29, 0.717) is 22.6 Å². The summed E-state index contributed by atoms with van der Waals surface area (Å²) < 4.78 is 42.2. The Morgan fingerprint density at radius 1 is 1.07 bits per heavy atom. The molecule has 2 aromatic heterocycles. The number of anilines is 1. The minimum Gasteiger partial charge on any atom is -0.468 e. The Morgan fingerprint density at radius 2 is 1.82 bits per heavy atom. The first-order chi connectivity index (χ1) is 20.8. The second-order valence-electron chi connectivity index (χ2n) is 10.1. The number of hydrogen-bond acceptors (Lipinski definition) is 12. The molecule has 2 amide bonds. The Balaban J connectivity index is 1.55. The zero-order chi connectivity index (χ0) is 32.2. The summed E-state index contributed by atoms with van der Waals surface area (Å²) >= 11 is 2.18. The third-order valence-corrected chi connectivity index (χ3v) is 10.4. The van der Waals surface area contributed by atoms with Crippen molar-refractivity contribution >= 4 is 77.5 Å². The average molecular weight is 666 g/mol. The molecule has 3 aromatic rings. The standard InChI is InChI=1S/C28H31N3O10S3/c1-5-41-27(36)24-17-8-6-15(2)10-19(17)42-25(24)29-21(32)13-44(37,38)14-22(33)30-28-31(12-23(34)39-3)18-9-7-16(26(35)40-4)11-20(18)43-28/h7,9,11,15H,5-6,8,10,12-14H2,1-4H3,(H,29,32). The normalized spacial score (nSPS) is 15.0. The number of benzene rings is 1. The van der Waals surface area contributed by atoms with Gasteiger partial charge in [-0.15, -0.1) is 11.3 Å². The molecule has 236 valence electrons. The first-order valence-electron chi connectivity index (χ1n) is 13.5. The zero-order valence-corrected chi connectivity index (χ0v) is 26.9. The van der Waals surface area contributed by atoms with E-state index >= 15 is 0 Å². The van der Waals surface area contributed by atoms with E-state index in [1.807, 2.05) is 0 Å². The molecule has 13 nitrogen and oxygen atoms in total. The van der Waals surface area contributed by atoms with Crippen LogP contribution in [0.3, 0.4) is 0 Å². The highest BCUT2D eigenvalue weighted by Gasteiger charge is 2.30. The number of thiazole rings is 1. The molecule has 0 saturated carbocycles. The largest absolute Gasteiger partial charge is 0.468 e. The van der Waals surface area contributed by atoms with Gasteiger partial charge in [0.05, 0.1) is 42.2 Å². The number of esters is 3. The molecule has 16 heteroatoms. The minimum atomic E-state index is -4.29. The third kappa shape index (κ3) is 7.60. The van der Waals surface area contributed by atoms with E-state index in [4.69, 9.17) is 14.2 Å². The van der Waals surface area contributed by atoms with Crippen LogP contribution < -0.4 is 10.1 Å². The number of thiophene rings is 1. The van der Waals surface area contributed by atoms with Gasteiger partial charge >= 0.3 is 17.9 Å². The number of nitrogens with zero attached hydrogens (tertiary/aromatic N) is 2. The molecule has 0 saturated heterocycles. The summed E-state index contributed by atoms with van der Waals surface area (Å²) in [6.07, 6.45) is 2.24. The van der Waals surface area contributed by atoms with Crippen LogP contribution in [0, 0.1) is 5.92 Å². The van der Waals surface area contributed by atoms with Gasteiger partial charge in [-0.05, 0) is 55.9 Å². The van der Waals surface area contributed by atoms with E-state index < -0.39 is 51.1 Å². The van der Waals surface area contributed by atoms with Gasteiger partial charge in [0, 0.05) is 4.88 Å². The number of sulfone groups is 1. The summed E-state index contributed by atoms with van der Waals surface area (Å²) in [7, 11) is -1.87. The fourth-order valence-corrected chi connectivity index (χ4v) is 8.26. The molecule has 0 radical (unpaired) electrons. The summed E-state index contributed by atoms with van der Waals surface area (Å²) in [5.41, 5.74) is 1.73. The Hall–Kier alpha value is -3.89. The smallest absolute Gasteiger partial charge is 0.341 e. The molecule has 1 aromatic carbocycles. The van der Waals surface area contributed by atoms with Crippen LogP contribution in [0.4, 0.5) is 5.00 Å². The summed E-state index contributed by atoms with van der Waals surface area (Å²) in [5, 5.41) is 2.76. The van der Waals surface area contributed by atoms with Gasteiger partial charge in [0.25, 0.3) is 5.91 Å². The summed E-state index contributed by atoms with van der Waals surface area (Å²) in [6, 6.07) is 4.51. The van der Waals surface area contributed by atoms with Gasteiger partial charge in [-0.3, -0.25) is 14.4 Å². The number of amides is 2. The quantitative estimate of drug-likeness (QED) is 0.250. The molecular formula is C28H31N3O10S3. The SMILES string of the molecule is CCOC(=O)c1c(NC(=O)CS(=O)(=O)CC(=O)N=c2sc3cc(C(=O)OC)ccc3n2CC(=O)OC)sc2c1CCC(C)C2. The Labute approximate surface area is 260 Å². The maximum absolute atomic E-state index is 12.9. The van der Waals surface area contributed by atoms with Crippen molar-refractivity contribution in [1.29, 1.82) is 0 Å². The average Bonchev–Trinajstić information content (AvgIpc) is 3.47. The van der Waals surface area contributed by atoms with Gasteiger partial charge in [-0.2, -0.15) is 4.99 Å². The van der Waals surface area contributed by atoms with Crippen molar-refractivity contribution in [1.82, 2.24) is 4.57 Å². The van der Waals surface area contributed by atoms with Crippen molar-refractivity contribution in [3.8, 4) is 0 Å². The molecule has 2 heterocycles. The number of ether oxygens (including phenoxy) is 3. The number of nitrogens with one attached hydrogen (secondary N) is 1. The molecular weight excluding hydrogens is 635 g/mol. The van der Waals surface area contributed by atoms with E-state index in [0.717, 1.165) is 34.6 Å². The molecule has 0 fully saturated rings. The molecule has 1 unspecified atom stereocenters. The number of rotatable bonds is 10. The topological polar surface area (TPSA) is 176 Å². The lowest BCUT2D eigenvalue weighted by Gasteiger charge is -2.18. The van der Waals surface area contributed by atoms with Crippen LogP contribution >= 0.6 is 22.7 Å². The lowest BCUT2D eigenvalue weighted by Crippen LogP contribution is -2.29. The van der Waals surface area contributed by atoms with Gasteiger partial charge in [0.1, 0.15) is 23.1 Å². The van der Waals surface area contributed by atoms with Crippen LogP contribution in [-0.2, 0) is 57.8 Å². The van der Waals surface area contributed by atoms with Crippen LogP contribution in [0.25, 0.3) is 10.2 Å². The van der Waals surface area contributed by atoms with Crippen molar-refractivity contribution in [3.63, 3.8) is 0 Å². The van der Waals surface area contributed by atoms with Crippen LogP contribution in [0.2, 0.25) is 0 Å². The second kappa shape index (κ2) is 13.8. The number of hydrogen-bond donors (Lipinski definition) is 1. The molecule has 1 aliphatic carbocycles. The van der Waals surface area contributed by atoms with Crippen LogP contribution in [0.15, 0.2) is 23.2 Å². The number of carbonyl (C=O) groups excluding carboxylic acids is 5. The van der Waals surface area contributed by atoms with E-state index in [2.05, 4.69) is 17.2 Å². The molecule has 1 atom stereocenters. The van der Waals surface area contributed by atoms with Gasteiger partial charge in [0.15, 0.2) is 14.6 Å². The maximum Gasteiger partial charge on any atom is 0.341 e. The van der Waals surface area contributed by atoms with Gasteiger partial charge < -0.3 is 24.1 Å². The number of methoxy groups -OCH3 is 2. The monoisotopic (exact) mass is 665 g/mol. The van der Waals surface area contributed by atoms with Crippen LogP contribution in [0.5, 0.6) is 0 Å². The van der Waals surface area contributed by atoms with Gasteiger partial charge in [0.2, 0.25) is 5.91 Å². The Morgan fingerprint density at radius 3 is 2.50 bits per heavy atom. The van der Waals surface area contributed by atoms with E-state index in [-0.39, 0.29) is 34.1 Å². The molecule has 0 spiro atoms. The summed E-state index contributed by atoms with van der Waals surface area (Å²) in [6.45, 7) is 3.57. The Bertz CT molecular complexity index is 1820. The zero-order valence-electron chi connectivity index (χ0n) is 24.5. The fraction of sp³-hybridized carbons (Fsp3) is 0.429. The fourth-order valence-electron chi connectivity index (χ4n) is 4.75. The number of fused-ring (bicyclic) bond motifs is 2. The van der Waals surface area contributed by atoms with E-state index in [9.17, 15) is 32.4 Å². The van der Waals surface area contributed by atoms with Gasteiger partial charge in [-0.25, -0.2) is 18.0 Å². The molecule has 4 rings (SSSR count). The van der Waals surface area contributed by atoms with Crippen molar-refractivity contribution in [2.24, 2.45) is 10.9 Å². The van der Waals surface area contributed by atoms with Gasteiger partial charge in [-0.1, -0.05) is 18.3 Å². The predicted molar refractivity (Wildman–Crippen MR) is 162 cm³/mol. The van der Waals surface area contributed by atoms with Crippen molar-refractivity contribution in [3.05, 3.63) is 44.6 Å². The summed E-state index contributed by atoms with van der Waals surface area (Å²) in [4.78, 5) is 67.3. The maximum atomic E-state index is 12.9. The molecule has 0 bridgehead atoms. The highest BCUT2D eigenvalue weighted by molar-refractivity contribution is 7.92. The number of aromatic nitrogens is 1. The number of carbonyl (C=O) groups is 5. The minimum absolute atomic E-state index is 0.00506. The molecule has 1 aliphatic rings. The molecule has 1 N–H and O–H groups in total. The Kier molecular flexibility index (Phi) is 10.4. The highest BCUT2D eigenvalue weighted by Crippen LogP contribution is 2.40. The first-order valence-corrected chi connectivity index (χ1v) is 17.0. The molecule has 0 aliphatic heterocycles. The van der Waals surface area contributed by atoms with E-state index in [1.165, 1.54) is 42.3 Å². The van der Waals surface area contributed by atoms with Crippen molar-refractivity contribution in [2.75, 3.05) is 37.6 Å². The second-order valence-corrected chi connectivity index (χ2v) is 14.3. The van der Waals surface area contributed by atoms with Crippen LogP contribution in [0.1, 0.15) is 51.4 Å². The highest BCUT2D eigenvalue weighted by atomic mass is 32.2.